The number of likely N-dealkylation sites (tertiary alicyclic amines) is 1. The summed E-state index contributed by atoms with van der Waals surface area (Å²) in [6.07, 6.45) is 7.16. The average molecular weight is 376 g/mol. The number of unbranched alkanes of at least 4 members (excludes halogenated alkanes) is 1. The van der Waals surface area contributed by atoms with Crippen LogP contribution in [0.15, 0.2) is 22.8 Å². The first-order valence-electron chi connectivity index (χ1n) is 9.74. The van der Waals surface area contributed by atoms with Gasteiger partial charge in [0.2, 0.25) is 12.3 Å². The van der Waals surface area contributed by atoms with Crippen molar-refractivity contribution >= 4 is 18.1 Å². The third-order valence-corrected chi connectivity index (χ3v) is 5.83. The maximum absolute atomic E-state index is 13.2. The van der Waals surface area contributed by atoms with E-state index in [2.05, 4.69) is 0 Å². The molecule has 2 heterocycles. The smallest absolute Gasteiger partial charge is 0.233 e. The molecule has 1 aromatic heterocycles. The second-order valence-corrected chi connectivity index (χ2v) is 7.98. The van der Waals surface area contributed by atoms with E-state index in [4.69, 9.17) is 4.42 Å². The van der Waals surface area contributed by atoms with Crippen LogP contribution >= 0.6 is 0 Å². The molecule has 0 radical (unpaired) electrons. The number of hydrogen-bond acceptors (Lipinski definition) is 5. The maximum atomic E-state index is 13.2. The predicted octanol–water partition coefficient (Wildman–Crippen LogP) is 2.43. The third-order valence-electron chi connectivity index (χ3n) is 5.83. The van der Waals surface area contributed by atoms with Crippen molar-refractivity contribution in [3.63, 3.8) is 0 Å². The number of rotatable bonds is 10. The highest BCUT2D eigenvalue weighted by atomic mass is 16.5. The van der Waals surface area contributed by atoms with Gasteiger partial charge in [-0.1, -0.05) is 19.8 Å². The monoisotopic (exact) mass is 376 g/mol. The molecule has 2 aliphatic rings. The van der Waals surface area contributed by atoms with Crippen molar-refractivity contribution in [2.75, 3.05) is 13.1 Å². The molecule has 1 aliphatic heterocycles. The first-order valence-corrected chi connectivity index (χ1v) is 9.74. The van der Waals surface area contributed by atoms with E-state index in [-0.39, 0.29) is 30.1 Å². The molecule has 1 aliphatic carbocycles. The highest BCUT2D eigenvalue weighted by Crippen LogP contribution is 2.55. The number of hydrogen-bond donors (Lipinski definition) is 1. The van der Waals surface area contributed by atoms with Crippen molar-refractivity contribution in [2.24, 2.45) is 11.3 Å². The van der Waals surface area contributed by atoms with E-state index in [9.17, 15) is 19.6 Å². The first-order chi connectivity index (χ1) is 13.0. The third kappa shape index (κ3) is 4.58. The molecule has 7 nitrogen and oxygen atoms in total. The number of furan rings is 1. The summed E-state index contributed by atoms with van der Waals surface area (Å²) >= 11 is 0. The summed E-state index contributed by atoms with van der Waals surface area (Å²) in [5.74, 6) is -0.0272. The highest BCUT2D eigenvalue weighted by molar-refractivity contribution is 5.91. The lowest BCUT2D eigenvalue weighted by atomic mass is 9.97. The van der Waals surface area contributed by atoms with Crippen molar-refractivity contribution in [1.82, 2.24) is 9.96 Å². The molecular formula is C20H28N2O5. The Bertz CT molecular complexity index is 668. The molecule has 2 atom stereocenters. The summed E-state index contributed by atoms with van der Waals surface area (Å²) < 4.78 is 5.29. The van der Waals surface area contributed by atoms with Crippen LogP contribution < -0.4 is 0 Å². The molecule has 0 aromatic carbocycles. The van der Waals surface area contributed by atoms with Crippen molar-refractivity contribution in [1.29, 1.82) is 0 Å². The van der Waals surface area contributed by atoms with Crippen LogP contribution in [0.4, 0.5) is 0 Å². The molecule has 7 heteroatoms. The molecule has 1 N–H and O–H groups in total. The number of carbonyl (C=O) groups is 3. The summed E-state index contributed by atoms with van der Waals surface area (Å²) in [4.78, 5) is 38.6. The van der Waals surface area contributed by atoms with E-state index in [0.29, 0.717) is 36.6 Å². The molecule has 0 bridgehead atoms. The Morgan fingerprint density at radius 3 is 2.85 bits per heavy atom. The van der Waals surface area contributed by atoms with E-state index < -0.39 is 12.0 Å². The number of Topliss-reactive ketones (excluding diaryl/α,β-unsaturated/α-hetero) is 1. The Hall–Kier alpha value is -2.15. The summed E-state index contributed by atoms with van der Waals surface area (Å²) in [5, 5.41) is 10.1. The fourth-order valence-corrected chi connectivity index (χ4v) is 4.06. The maximum Gasteiger partial charge on any atom is 0.233 e. The largest absolute Gasteiger partial charge is 0.469 e. The van der Waals surface area contributed by atoms with Gasteiger partial charge in [-0.25, -0.2) is 5.06 Å². The fraction of sp³-hybridized carbons (Fsp3) is 0.650. The molecule has 27 heavy (non-hydrogen) atoms. The molecule has 1 saturated heterocycles. The Balaban J connectivity index is 1.74. The topological polar surface area (TPSA) is 91.1 Å². The number of ketones is 1. The van der Waals surface area contributed by atoms with Crippen LogP contribution in [0.1, 0.15) is 51.2 Å². The van der Waals surface area contributed by atoms with Crippen LogP contribution in [0.2, 0.25) is 0 Å². The van der Waals surface area contributed by atoms with Crippen LogP contribution in [0, 0.1) is 11.3 Å². The predicted molar refractivity (Wildman–Crippen MR) is 96.8 cm³/mol. The molecular weight excluding hydrogens is 348 g/mol. The van der Waals surface area contributed by atoms with Gasteiger partial charge in [-0.3, -0.25) is 19.6 Å². The molecule has 1 aromatic rings. The minimum absolute atomic E-state index is 0.00689. The average Bonchev–Trinajstić information content (AvgIpc) is 3.05. The normalized spacial score (nSPS) is 21.3. The quantitative estimate of drug-likeness (QED) is 0.385. The van der Waals surface area contributed by atoms with Gasteiger partial charge >= 0.3 is 0 Å². The zero-order valence-electron chi connectivity index (χ0n) is 15.8. The van der Waals surface area contributed by atoms with Crippen LogP contribution in [0.3, 0.4) is 0 Å². The zero-order chi connectivity index (χ0) is 19.4. The molecule has 1 saturated carbocycles. The van der Waals surface area contributed by atoms with E-state index in [1.807, 2.05) is 6.92 Å². The Morgan fingerprint density at radius 1 is 1.48 bits per heavy atom. The van der Waals surface area contributed by atoms with Crippen molar-refractivity contribution in [3.8, 4) is 0 Å². The van der Waals surface area contributed by atoms with Gasteiger partial charge in [-0.05, 0) is 43.2 Å². The second-order valence-electron chi connectivity index (χ2n) is 7.98. The lowest BCUT2D eigenvalue weighted by Gasteiger charge is -2.29. The SMILES string of the molecule is CCCC[C@H](CN(O)C=O)C(=O)N1CC2(CC2)C[C@H]1C(=O)Cc1ccco1. The van der Waals surface area contributed by atoms with E-state index in [1.54, 1.807) is 23.3 Å². The molecule has 2 fully saturated rings. The van der Waals surface area contributed by atoms with Gasteiger partial charge in [0.25, 0.3) is 0 Å². The number of hydroxylamine groups is 2. The summed E-state index contributed by atoms with van der Waals surface area (Å²) in [6, 6.07) is 3.07. The van der Waals surface area contributed by atoms with Crippen LogP contribution in [0.25, 0.3) is 0 Å². The zero-order valence-corrected chi connectivity index (χ0v) is 15.8. The molecule has 1 spiro atoms. The van der Waals surface area contributed by atoms with Crippen LogP contribution in [-0.4, -0.2) is 52.4 Å². The molecule has 3 rings (SSSR count). The summed E-state index contributed by atoms with van der Waals surface area (Å²) in [7, 11) is 0. The number of amides is 2. The second kappa shape index (κ2) is 8.25. The fourth-order valence-electron chi connectivity index (χ4n) is 4.06. The van der Waals surface area contributed by atoms with Crippen molar-refractivity contribution < 1.29 is 24.0 Å². The Morgan fingerprint density at radius 2 is 2.26 bits per heavy atom. The highest BCUT2D eigenvalue weighted by Gasteiger charge is 2.55. The lowest BCUT2D eigenvalue weighted by Crippen LogP contribution is -2.46. The van der Waals surface area contributed by atoms with Gasteiger partial charge in [-0.2, -0.15) is 0 Å². The van der Waals surface area contributed by atoms with Crippen LogP contribution in [0.5, 0.6) is 0 Å². The number of carbonyl (C=O) groups excluding carboxylic acids is 3. The molecule has 0 unspecified atom stereocenters. The summed E-state index contributed by atoms with van der Waals surface area (Å²) in [5.41, 5.74) is 0.0814. The van der Waals surface area contributed by atoms with E-state index in [1.165, 1.54) is 0 Å². The lowest BCUT2D eigenvalue weighted by molar-refractivity contribution is -0.158. The molecule has 148 valence electrons. The van der Waals surface area contributed by atoms with Gasteiger partial charge in [0.05, 0.1) is 31.2 Å². The number of nitrogens with zero attached hydrogens (tertiary/aromatic N) is 2. The van der Waals surface area contributed by atoms with E-state index in [0.717, 1.165) is 25.7 Å². The van der Waals surface area contributed by atoms with Gasteiger partial charge in [-0.15, -0.1) is 0 Å². The molecule has 2 amide bonds. The van der Waals surface area contributed by atoms with Gasteiger partial charge in [0.1, 0.15) is 5.76 Å². The van der Waals surface area contributed by atoms with Gasteiger partial charge in [0, 0.05) is 6.54 Å². The van der Waals surface area contributed by atoms with Crippen molar-refractivity contribution in [3.05, 3.63) is 24.2 Å². The minimum Gasteiger partial charge on any atom is -0.469 e. The first kappa shape index (κ1) is 19.6. The van der Waals surface area contributed by atoms with Crippen LogP contribution in [-0.2, 0) is 20.8 Å². The van der Waals surface area contributed by atoms with Gasteiger partial charge in [0.15, 0.2) is 5.78 Å². The summed E-state index contributed by atoms with van der Waals surface area (Å²) in [6.45, 7) is 2.59. The minimum atomic E-state index is -0.493. The Kier molecular flexibility index (Phi) is 5.99. The van der Waals surface area contributed by atoms with E-state index >= 15 is 0 Å². The van der Waals surface area contributed by atoms with Gasteiger partial charge < -0.3 is 9.32 Å². The Labute approximate surface area is 159 Å². The van der Waals surface area contributed by atoms with Crippen molar-refractivity contribution in [2.45, 2.75) is 57.9 Å². The standard InChI is InChI=1S/C20H28N2O5/c1-2-3-5-15(12-21(26)14-23)19(25)22-13-20(7-8-20)11-17(22)18(24)10-16-6-4-9-27-16/h4,6,9,14-15,17,26H,2-3,5,7-8,10-13H2,1H3/t15-,17+/m1/s1.